The van der Waals surface area contributed by atoms with Crippen molar-refractivity contribution in [2.45, 2.75) is 77.5 Å². The molecule has 0 N–H and O–H groups in total. The molecule has 1 fully saturated rings. The minimum absolute atomic E-state index is 0.0125. The molecule has 1 aromatic rings. The molecule has 29 heavy (non-hydrogen) atoms. The van der Waals surface area contributed by atoms with Crippen molar-refractivity contribution in [3.05, 3.63) is 29.8 Å². The van der Waals surface area contributed by atoms with Gasteiger partial charge in [0.05, 0.1) is 29.9 Å². The zero-order valence-electron chi connectivity index (χ0n) is 18.4. The lowest BCUT2D eigenvalue weighted by Gasteiger charge is -2.42. The molecular weight excluding hydrogens is 411 g/mol. The van der Waals surface area contributed by atoms with Gasteiger partial charge < -0.3 is 9.05 Å². The molecule has 8 heteroatoms. The van der Waals surface area contributed by atoms with Gasteiger partial charge in [-0.2, -0.15) is 8.42 Å². The van der Waals surface area contributed by atoms with E-state index in [0.717, 1.165) is 12.0 Å². The van der Waals surface area contributed by atoms with Gasteiger partial charge in [-0.1, -0.05) is 38.5 Å². The van der Waals surface area contributed by atoms with Gasteiger partial charge in [-0.25, -0.2) is 0 Å². The van der Waals surface area contributed by atoms with Crippen molar-refractivity contribution < 1.29 is 26.2 Å². The topological polar surface area (TPSA) is 78.9 Å². The third kappa shape index (κ3) is 6.14. The second-order valence-corrected chi connectivity index (χ2v) is 12.6. The van der Waals surface area contributed by atoms with Crippen LogP contribution in [0.1, 0.15) is 59.4 Å². The molecule has 1 aliphatic rings. The average molecular weight is 447 g/mol. The molecule has 1 saturated carbocycles. The number of hydrogen-bond acceptors (Lipinski definition) is 6. The van der Waals surface area contributed by atoms with Crippen LogP contribution in [-0.4, -0.2) is 33.4 Å². The highest BCUT2D eigenvalue weighted by Gasteiger charge is 2.48. The van der Waals surface area contributed by atoms with Crippen molar-refractivity contribution in [1.82, 2.24) is 0 Å². The van der Waals surface area contributed by atoms with E-state index in [4.69, 9.17) is 13.2 Å². The number of rotatable bonds is 8. The van der Waals surface area contributed by atoms with Crippen LogP contribution >= 0.6 is 7.60 Å². The van der Waals surface area contributed by atoms with Gasteiger partial charge in [-0.3, -0.25) is 8.75 Å². The van der Waals surface area contributed by atoms with E-state index < -0.39 is 29.5 Å². The largest absolute Gasteiger partial charge is 0.336 e. The third-order valence-corrected chi connectivity index (χ3v) is 9.56. The summed E-state index contributed by atoms with van der Waals surface area (Å²) in [6, 6.07) is 6.54. The minimum atomic E-state index is -4.00. The zero-order chi connectivity index (χ0) is 21.9. The molecule has 0 bridgehead atoms. The van der Waals surface area contributed by atoms with Crippen LogP contribution in [0.4, 0.5) is 0 Å². The van der Waals surface area contributed by atoms with E-state index in [1.165, 1.54) is 12.1 Å². The molecule has 6 nitrogen and oxygen atoms in total. The van der Waals surface area contributed by atoms with E-state index in [2.05, 4.69) is 20.8 Å². The quantitative estimate of drug-likeness (QED) is 0.385. The first-order chi connectivity index (χ1) is 13.4. The first kappa shape index (κ1) is 24.5. The Hall–Kier alpha value is -0.720. The van der Waals surface area contributed by atoms with Crippen LogP contribution in [0, 0.1) is 18.3 Å². The second kappa shape index (κ2) is 9.61. The fourth-order valence-corrected chi connectivity index (χ4v) is 7.31. The van der Waals surface area contributed by atoms with Gasteiger partial charge in [0.15, 0.2) is 0 Å². The van der Waals surface area contributed by atoms with Gasteiger partial charge in [0.25, 0.3) is 10.1 Å². The van der Waals surface area contributed by atoms with Gasteiger partial charge in [0, 0.05) is 0 Å². The van der Waals surface area contributed by atoms with E-state index in [0.29, 0.717) is 12.8 Å². The number of hydrogen-bond donors (Lipinski definition) is 0. The maximum Gasteiger partial charge on any atom is 0.336 e. The van der Waals surface area contributed by atoms with Gasteiger partial charge >= 0.3 is 7.60 Å². The SMILES string of the molecule is CCOP(=O)(OCC)[C@H]1CC[C@H](C(C)(C)C)C[C@H]1OS(=O)(=O)c1ccc(C)cc1. The Balaban J connectivity index is 2.38. The van der Waals surface area contributed by atoms with E-state index in [1.807, 2.05) is 6.92 Å². The van der Waals surface area contributed by atoms with Crippen molar-refractivity contribution in [1.29, 1.82) is 0 Å². The number of aryl methyl sites for hydroxylation is 1. The summed E-state index contributed by atoms with van der Waals surface area (Å²) in [5.41, 5.74) is 0.340. The maximum atomic E-state index is 13.5. The Morgan fingerprint density at radius 1 is 1.03 bits per heavy atom. The summed E-state index contributed by atoms with van der Waals surface area (Å²) in [5, 5.41) is 0. The van der Waals surface area contributed by atoms with E-state index >= 15 is 0 Å². The molecule has 0 spiro atoms. The summed E-state index contributed by atoms with van der Waals surface area (Å²) in [6.07, 6.45) is 1.09. The summed E-state index contributed by atoms with van der Waals surface area (Å²) in [6.45, 7) is 12.3. The predicted molar refractivity (Wildman–Crippen MR) is 115 cm³/mol. The summed E-state index contributed by atoms with van der Waals surface area (Å²) < 4.78 is 56.2. The third-order valence-electron chi connectivity index (χ3n) is 5.57. The first-order valence-electron chi connectivity index (χ1n) is 10.3. The molecule has 0 unspecified atom stereocenters. The zero-order valence-corrected chi connectivity index (χ0v) is 20.1. The molecule has 1 aliphatic carbocycles. The van der Waals surface area contributed by atoms with Crippen molar-refractivity contribution >= 4 is 17.7 Å². The summed E-state index contributed by atoms with van der Waals surface area (Å²) in [4.78, 5) is 0.0994. The fraction of sp³-hybridized carbons (Fsp3) is 0.714. The van der Waals surface area contributed by atoms with Crippen molar-refractivity contribution in [2.24, 2.45) is 11.3 Å². The summed E-state index contributed by atoms with van der Waals surface area (Å²) in [7, 11) is -7.51. The van der Waals surface area contributed by atoms with Crippen LogP contribution < -0.4 is 0 Å². The van der Waals surface area contributed by atoms with Crippen LogP contribution in [0.15, 0.2) is 29.2 Å². The molecule has 0 saturated heterocycles. The van der Waals surface area contributed by atoms with Crippen molar-refractivity contribution in [3.63, 3.8) is 0 Å². The lowest BCUT2D eigenvalue weighted by atomic mass is 9.71. The Morgan fingerprint density at radius 3 is 2.07 bits per heavy atom. The molecule has 3 atom stereocenters. The molecule has 0 radical (unpaired) electrons. The summed E-state index contributed by atoms with van der Waals surface area (Å²) in [5.74, 6) is 0.244. The highest BCUT2D eigenvalue weighted by atomic mass is 32.2. The van der Waals surface area contributed by atoms with Crippen LogP contribution in [0.5, 0.6) is 0 Å². The van der Waals surface area contributed by atoms with Crippen LogP contribution in [-0.2, 0) is 27.9 Å². The lowest BCUT2D eigenvalue weighted by Crippen LogP contribution is -2.41. The molecule has 0 amide bonds. The Morgan fingerprint density at radius 2 is 1.59 bits per heavy atom. The summed E-state index contributed by atoms with van der Waals surface area (Å²) >= 11 is 0. The minimum Gasteiger partial charge on any atom is -0.309 e. The maximum absolute atomic E-state index is 13.5. The van der Waals surface area contributed by atoms with E-state index in [9.17, 15) is 13.0 Å². The monoisotopic (exact) mass is 446 g/mol. The molecule has 166 valence electrons. The number of benzene rings is 1. The fourth-order valence-electron chi connectivity index (χ4n) is 3.88. The average Bonchev–Trinajstić information content (AvgIpc) is 2.61. The van der Waals surface area contributed by atoms with Crippen LogP contribution in [0.2, 0.25) is 0 Å². The standard InChI is InChI=1S/C21H35O6PS/c1-7-25-28(22,26-8-2)20-14-11-17(21(4,5)6)15-19(20)27-29(23,24)18-12-9-16(3)10-13-18/h9-10,12-13,17,19-20H,7-8,11,14-15H2,1-6H3/t17-,19+,20-/m0/s1. The lowest BCUT2D eigenvalue weighted by molar-refractivity contribution is 0.0686. The van der Waals surface area contributed by atoms with Crippen LogP contribution in [0.3, 0.4) is 0 Å². The van der Waals surface area contributed by atoms with E-state index in [-0.39, 0.29) is 29.4 Å². The highest BCUT2D eigenvalue weighted by molar-refractivity contribution is 7.86. The first-order valence-corrected chi connectivity index (χ1v) is 13.3. The highest BCUT2D eigenvalue weighted by Crippen LogP contribution is 2.59. The Labute approximate surface area is 176 Å². The molecule has 2 rings (SSSR count). The smallest absolute Gasteiger partial charge is 0.309 e. The predicted octanol–water partition coefficient (Wildman–Crippen LogP) is 5.55. The Bertz CT molecular complexity index is 803. The molecule has 0 aromatic heterocycles. The van der Waals surface area contributed by atoms with Gasteiger partial charge in [0.2, 0.25) is 0 Å². The van der Waals surface area contributed by atoms with Gasteiger partial charge in [-0.15, -0.1) is 0 Å². The van der Waals surface area contributed by atoms with Gasteiger partial charge in [0.1, 0.15) is 0 Å². The molecule has 0 aliphatic heterocycles. The van der Waals surface area contributed by atoms with Crippen molar-refractivity contribution in [2.75, 3.05) is 13.2 Å². The molecular formula is C21H35O6PS. The molecule has 0 heterocycles. The van der Waals surface area contributed by atoms with E-state index in [1.54, 1.807) is 26.0 Å². The normalized spacial score (nSPS) is 23.9. The van der Waals surface area contributed by atoms with Crippen molar-refractivity contribution in [3.8, 4) is 0 Å². The van der Waals surface area contributed by atoms with Gasteiger partial charge in [-0.05, 0) is 63.5 Å². The second-order valence-electron chi connectivity index (χ2n) is 8.72. The van der Waals surface area contributed by atoms with Crippen LogP contribution in [0.25, 0.3) is 0 Å². The Kier molecular flexibility index (Phi) is 8.13. The molecule has 1 aromatic carbocycles.